The van der Waals surface area contributed by atoms with Gasteiger partial charge in [0.1, 0.15) is 18.0 Å². The van der Waals surface area contributed by atoms with Crippen LogP contribution in [0.5, 0.6) is 5.75 Å². The number of nitrogens with zero attached hydrogens (tertiary/aromatic N) is 2. The van der Waals surface area contributed by atoms with Gasteiger partial charge in [-0.3, -0.25) is 15.1 Å². The molecule has 5 aromatic rings. The number of rotatable bonds is 6. The molecule has 0 heterocycles. The number of anilines is 1. The molecule has 1 aliphatic carbocycles. The summed E-state index contributed by atoms with van der Waals surface area (Å²) in [6.45, 7) is 2.04. The summed E-state index contributed by atoms with van der Waals surface area (Å²) in [6, 6.07) is 28.0. The molecule has 1 aliphatic rings. The molecule has 0 aromatic heterocycles. The number of hydrogen-bond donors (Lipinski definition) is 2. The molecule has 0 amide bonds. The van der Waals surface area contributed by atoms with E-state index in [1.54, 1.807) is 18.2 Å². The summed E-state index contributed by atoms with van der Waals surface area (Å²) in [5, 5.41) is 22.1. The Kier molecular flexibility index (Phi) is 6.12. The molecule has 186 valence electrons. The first-order valence-corrected chi connectivity index (χ1v) is 12.4. The quantitative estimate of drug-likeness (QED) is 0.170. The molecule has 0 fully saturated rings. The van der Waals surface area contributed by atoms with Gasteiger partial charge < -0.3 is 5.11 Å². The molecule has 6 rings (SSSR count). The molecule has 0 bridgehead atoms. The summed E-state index contributed by atoms with van der Waals surface area (Å²) in [5.74, 6) is -0.0530. The lowest BCUT2D eigenvalue weighted by Gasteiger charge is -2.12. The number of nitrogens with one attached hydrogen (secondary N) is 1. The second-order valence-corrected chi connectivity index (χ2v) is 9.54. The van der Waals surface area contributed by atoms with E-state index in [2.05, 4.69) is 15.7 Å². The van der Waals surface area contributed by atoms with E-state index in [1.165, 1.54) is 0 Å². The van der Waals surface area contributed by atoms with E-state index in [9.17, 15) is 9.90 Å². The van der Waals surface area contributed by atoms with E-state index in [0.717, 1.165) is 27.5 Å². The number of aromatic hydroxyl groups is 1. The summed E-state index contributed by atoms with van der Waals surface area (Å²) in [4.78, 5) is 18.7. The highest BCUT2D eigenvalue weighted by atomic mass is 35.5. The Balaban J connectivity index is 1.31. The molecule has 5 aromatic carbocycles. The average molecular weight is 520 g/mol. The fourth-order valence-electron chi connectivity index (χ4n) is 4.67. The van der Waals surface area contributed by atoms with Crippen molar-refractivity contribution in [3.63, 3.8) is 0 Å². The van der Waals surface area contributed by atoms with Gasteiger partial charge in [0.15, 0.2) is 5.78 Å². The van der Waals surface area contributed by atoms with E-state index in [1.807, 2.05) is 79.7 Å². The zero-order valence-corrected chi connectivity index (χ0v) is 21.2. The van der Waals surface area contributed by atoms with E-state index in [4.69, 9.17) is 16.4 Å². The SMILES string of the molecule is Cc1ccc2c(c1)C(=O)c1cc(N=Nc3c(O)c(CONc4ccccc4Cl)cc4ccccc34)ccc1-2. The summed E-state index contributed by atoms with van der Waals surface area (Å²) < 4.78 is 0. The average Bonchev–Trinajstić information content (AvgIpc) is 3.20. The van der Waals surface area contributed by atoms with Crippen LogP contribution in [0, 0.1) is 6.92 Å². The van der Waals surface area contributed by atoms with Crippen LogP contribution in [0.15, 0.2) is 101 Å². The Morgan fingerprint density at radius 1 is 0.842 bits per heavy atom. The first-order chi connectivity index (χ1) is 18.5. The van der Waals surface area contributed by atoms with Crippen LogP contribution in [-0.4, -0.2) is 10.9 Å². The number of phenolic OH excluding ortho intramolecular Hbond substituents is 1. The normalized spacial score (nSPS) is 12.2. The van der Waals surface area contributed by atoms with Crippen LogP contribution in [0.3, 0.4) is 0 Å². The lowest BCUT2D eigenvalue weighted by Crippen LogP contribution is -2.02. The van der Waals surface area contributed by atoms with E-state index < -0.39 is 0 Å². The van der Waals surface area contributed by atoms with Crippen LogP contribution in [0.1, 0.15) is 27.0 Å². The van der Waals surface area contributed by atoms with Crippen LogP contribution in [0.4, 0.5) is 17.1 Å². The number of para-hydroxylation sites is 1. The third-order valence-corrected chi connectivity index (χ3v) is 6.91. The zero-order chi connectivity index (χ0) is 26.2. The Bertz CT molecular complexity index is 1760. The number of halogens is 1. The number of carbonyl (C=O) groups excluding carboxylic acids is 1. The predicted octanol–water partition coefficient (Wildman–Crippen LogP) is 8.68. The summed E-state index contributed by atoms with van der Waals surface area (Å²) in [7, 11) is 0. The van der Waals surface area contributed by atoms with Crippen molar-refractivity contribution >= 4 is 45.2 Å². The van der Waals surface area contributed by atoms with Gasteiger partial charge in [0.05, 0.1) is 16.4 Å². The largest absolute Gasteiger partial charge is 0.505 e. The molecule has 0 saturated heterocycles. The molecule has 0 spiro atoms. The van der Waals surface area contributed by atoms with Gasteiger partial charge in [-0.25, -0.2) is 0 Å². The molecule has 0 atom stereocenters. The van der Waals surface area contributed by atoms with Crippen LogP contribution in [-0.2, 0) is 11.4 Å². The lowest BCUT2D eigenvalue weighted by molar-refractivity contribution is 0.104. The minimum Gasteiger partial charge on any atom is -0.505 e. The number of hydrogen-bond acceptors (Lipinski definition) is 6. The maximum Gasteiger partial charge on any atom is 0.194 e. The minimum atomic E-state index is -0.0338. The summed E-state index contributed by atoms with van der Waals surface area (Å²) in [5.41, 5.74) is 8.99. The van der Waals surface area contributed by atoms with Gasteiger partial charge in [-0.2, -0.15) is 5.11 Å². The van der Waals surface area contributed by atoms with Crippen molar-refractivity contribution in [1.29, 1.82) is 0 Å². The van der Waals surface area contributed by atoms with Crippen molar-refractivity contribution in [2.75, 3.05) is 5.48 Å². The van der Waals surface area contributed by atoms with Gasteiger partial charge >= 0.3 is 0 Å². The highest BCUT2D eigenvalue weighted by molar-refractivity contribution is 6.33. The summed E-state index contributed by atoms with van der Waals surface area (Å²) in [6.07, 6.45) is 0. The van der Waals surface area contributed by atoms with E-state index >= 15 is 0 Å². The Hall–Kier alpha value is -4.52. The fourth-order valence-corrected chi connectivity index (χ4v) is 4.85. The molecule has 38 heavy (non-hydrogen) atoms. The highest BCUT2D eigenvalue weighted by Crippen LogP contribution is 2.41. The molecule has 7 heteroatoms. The molecule has 0 unspecified atom stereocenters. The van der Waals surface area contributed by atoms with Gasteiger partial charge in [0.2, 0.25) is 0 Å². The fraction of sp³-hybridized carbons (Fsp3) is 0.0645. The maximum absolute atomic E-state index is 13.0. The third-order valence-electron chi connectivity index (χ3n) is 6.58. The van der Waals surface area contributed by atoms with E-state index in [-0.39, 0.29) is 18.1 Å². The molecule has 6 nitrogen and oxygen atoms in total. The van der Waals surface area contributed by atoms with Crippen LogP contribution in [0.2, 0.25) is 5.02 Å². The minimum absolute atomic E-state index is 0.0192. The molecule has 0 aliphatic heterocycles. The molecular formula is C31H22ClN3O3. The van der Waals surface area contributed by atoms with Gasteiger partial charge in [0, 0.05) is 22.1 Å². The first-order valence-electron chi connectivity index (χ1n) is 12.1. The number of benzene rings is 5. The van der Waals surface area contributed by atoms with Gasteiger partial charge in [0.25, 0.3) is 0 Å². The lowest BCUT2D eigenvalue weighted by atomic mass is 10.0. The standard InChI is InChI=1S/C31H22ClN3O3/c1-18-10-12-23-24-13-11-21(16-26(24)31(37)25(23)14-18)33-34-29-22-7-3-2-6-19(22)15-20(30(29)36)17-38-35-28-9-5-4-8-27(28)32/h2-16,35-36H,17H2,1H3. The molecule has 2 N–H and O–H groups in total. The third kappa shape index (κ3) is 4.30. The second-order valence-electron chi connectivity index (χ2n) is 9.13. The van der Waals surface area contributed by atoms with Crippen molar-refractivity contribution in [3.8, 4) is 16.9 Å². The molecule has 0 radical (unpaired) electrons. The van der Waals surface area contributed by atoms with Crippen LogP contribution in [0.25, 0.3) is 21.9 Å². The van der Waals surface area contributed by atoms with Gasteiger partial charge in [-0.1, -0.05) is 71.8 Å². The maximum atomic E-state index is 13.0. The number of aryl methyl sites for hydroxylation is 1. The van der Waals surface area contributed by atoms with Crippen LogP contribution >= 0.6 is 11.6 Å². The monoisotopic (exact) mass is 519 g/mol. The van der Waals surface area contributed by atoms with Gasteiger partial charge in [-0.05, 0) is 59.8 Å². The Morgan fingerprint density at radius 2 is 1.58 bits per heavy atom. The van der Waals surface area contributed by atoms with Crippen molar-refractivity contribution in [2.45, 2.75) is 13.5 Å². The van der Waals surface area contributed by atoms with Crippen molar-refractivity contribution in [2.24, 2.45) is 10.2 Å². The van der Waals surface area contributed by atoms with Crippen molar-refractivity contribution < 1.29 is 14.7 Å². The molecular weight excluding hydrogens is 498 g/mol. The zero-order valence-electron chi connectivity index (χ0n) is 20.4. The first kappa shape index (κ1) is 23.9. The number of fused-ring (bicyclic) bond motifs is 4. The van der Waals surface area contributed by atoms with E-state index in [0.29, 0.717) is 38.8 Å². The second kappa shape index (κ2) is 9.74. The molecule has 0 saturated carbocycles. The van der Waals surface area contributed by atoms with Crippen molar-refractivity contribution in [1.82, 2.24) is 0 Å². The number of ketones is 1. The van der Waals surface area contributed by atoms with Crippen molar-refractivity contribution in [3.05, 3.63) is 118 Å². The Morgan fingerprint density at radius 3 is 2.42 bits per heavy atom. The van der Waals surface area contributed by atoms with Crippen LogP contribution < -0.4 is 5.48 Å². The smallest absolute Gasteiger partial charge is 0.194 e. The Labute approximate surface area is 224 Å². The number of azo groups is 1. The predicted molar refractivity (Wildman–Crippen MR) is 150 cm³/mol. The van der Waals surface area contributed by atoms with Gasteiger partial charge in [-0.15, -0.1) is 5.11 Å². The highest BCUT2D eigenvalue weighted by Gasteiger charge is 2.26. The number of carbonyl (C=O) groups is 1. The number of phenols is 1. The topological polar surface area (TPSA) is 83.3 Å². The summed E-state index contributed by atoms with van der Waals surface area (Å²) >= 11 is 6.18.